The standard InChI is InChI=1S/C9H12O.C6H13NO2.C6H10O3/c1-3-8-4-6-9(10-2)7-5-8;2*1-5(7)6-4-8-2-3-9-6/h4-7H,3H2,1-2H3;5-6H,2-4,7H2,1H3;6H,2-4H2,1H3. The molecule has 0 radical (unpaired) electrons. The quantitative estimate of drug-likeness (QED) is 0.831. The summed E-state index contributed by atoms with van der Waals surface area (Å²) in [5.74, 6) is 0.979. The van der Waals surface area contributed by atoms with Crippen molar-refractivity contribution >= 4 is 5.78 Å². The monoisotopic (exact) mass is 397 g/mol. The molecule has 0 saturated carbocycles. The average molecular weight is 398 g/mol. The maximum Gasteiger partial charge on any atom is 0.160 e. The molecule has 1 aromatic carbocycles. The minimum Gasteiger partial charge on any atom is -0.497 e. The van der Waals surface area contributed by atoms with Crippen molar-refractivity contribution in [1.29, 1.82) is 0 Å². The summed E-state index contributed by atoms with van der Waals surface area (Å²) in [7, 11) is 1.68. The van der Waals surface area contributed by atoms with Gasteiger partial charge in [-0.2, -0.15) is 0 Å². The molecule has 28 heavy (non-hydrogen) atoms. The number of carbonyl (C=O) groups excluding carboxylic acids is 1. The highest BCUT2D eigenvalue weighted by molar-refractivity contribution is 5.80. The first kappa shape index (κ1) is 24.5. The van der Waals surface area contributed by atoms with Crippen molar-refractivity contribution in [3.63, 3.8) is 0 Å². The van der Waals surface area contributed by atoms with Crippen molar-refractivity contribution in [2.45, 2.75) is 45.4 Å². The summed E-state index contributed by atoms with van der Waals surface area (Å²) in [6.45, 7) is 9.22. The molecule has 7 heteroatoms. The third-order valence-corrected chi connectivity index (χ3v) is 4.26. The summed E-state index contributed by atoms with van der Waals surface area (Å²) < 4.78 is 25.5. The molecule has 0 aliphatic carbocycles. The first-order valence-electron chi connectivity index (χ1n) is 9.75. The van der Waals surface area contributed by atoms with Gasteiger partial charge in [0.25, 0.3) is 0 Å². The fraction of sp³-hybridized carbons (Fsp3) is 0.667. The first-order valence-corrected chi connectivity index (χ1v) is 9.75. The number of methoxy groups -OCH3 is 1. The number of hydrogen-bond donors (Lipinski definition) is 1. The number of nitrogens with two attached hydrogens (primary N) is 1. The van der Waals surface area contributed by atoms with Crippen molar-refractivity contribution < 1.29 is 28.5 Å². The van der Waals surface area contributed by atoms with Gasteiger partial charge < -0.3 is 29.4 Å². The maximum atomic E-state index is 10.6. The lowest BCUT2D eigenvalue weighted by molar-refractivity contribution is -0.143. The van der Waals surface area contributed by atoms with E-state index in [1.165, 1.54) is 12.5 Å². The van der Waals surface area contributed by atoms with Gasteiger partial charge in [0.05, 0.1) is 52.9 Å². The summed E-state index contributed by atoms with van der Waals surface area (Å²) in [5.41, 5.74) is 6.91. The van der Waals surface area contributed by atoms with E-state index in [1.54, 1.807) is 7.11 Å². The van der Waals surface area contributed by atoms with Gasteiger partial charge in [-0.3, -0.25) is 4.79 Å². The van der Waals surface area contributed by atoms with Crippen molar-refractivity contribution in [3.05, 3.63) is 29.8 Å². The second kappa shape index (κ2) is 14.5. The van der Waals surface area contributed by atoms with E-state index in [0.29, 0.717) is 39.6 Å². The van der Waals surface area contributed by atoms with Crippen LogP contribution < -0.4 is 10.5 Å². The zero-order valence-corrected chi connectivity index (χ0v) is 17.5. The molecule has 2 saturated heterocycles. The fourth-order valence-electron chi connectivity index (χ4n) is 2.39. The predicted molar refractivity (Wildman–Crippen MR) is 108 cm³/mol. The molecule has 3 atom stereocenters. The first-order chi connectivity index (χ1) is 13.5. The molecule has 3 rings (SSSR count). The van der Waals surface area contributed by atoms with E-state index in [2.05, 4.69) is 19.1 Å². The molecule has 2 aliphatic rings. The predicted octanol–water partition coefficient (Wildman–Crippen LogP) is 2.00. The number of hydrogen-bond acceptors (Lipinski definition) is 7. The molecule has 0 amide bonds. The normalized spacial score (nSPS) is 22.6. The third-order valence-electron chi connectivity index (χ3n) is 4.26. The van der Waals surface area contributed by atoms with E-state index < -0.39 is 0 Å². The van der Waals surface area contributed by atoms with Crippen molar-refractivity contribution in [3.8, 4) is 5.75 Å². The van der Waals surface area contributed by atoms with Crippen LogP contribution in [0.2, 0.25) is 0 Å². The largest absolute Gasteiger partial charge is 0.497 e. The number of ketones is 1. The van der Waals surface area contributed by atoms with Gasteiger partial charge in [-0.05, 0) is 38.0 Å². The van der Waals surface area contributed by atoms with Crippen LogP contribution in [0.5, 0.6) is 5.75 Å². The van der Waals surface area contributed by atoms with Gasteiger partial charge in [0, 0.05) is 6.04 Å². The summed E-state index contributed by atoms with van der Waals surface area (Å²) in [6, 6.07) is 8.22. The van der Waals surface area contributed by atoms with E-state index in [4.69, 9.17) is 29.4 Å². The number of Topliss-reactive ketones (excluding diaryl/α,β-unsaturated/α-hetero) is 1. The molecule has 2 N–H and O–H groups in total. The SMILES string of the molecule is CC(=O)C1COCCO1.CC(N)C1COCCO1.CCc1ccc(OC)cc1. The molecule has 2 aliphatic heterocycles. The van der Waals surface area contributed by atoms with Crippen molar-refractivity contribution in [1.82, 2.24) is 0 Å². The number of ether oxygens (including phenoxy) is 5. The van der Waals surface area contributed by atoms with Crippen LogP contribution in [0, 0.1) is 0 Å². The van der Waals surface area contributed by atoms with Gasteiger partial charge in [-0.1, -0.05) is 19.1 Å². The molecule has 2 heterocycles. The topological polar surface area (TPSA) is 89.2 Å². The molecular weight excluding hydrogens is 362 g/mol. The molecule has 0 aromatic heterocycles. The number of rotatable bonds is 4. The van der Waals surface area contributed by atoms with Gasteiger partial charge in [0.2, 0.25) is 0 Å². The minimum absolute atomic E-state index is 0.0506. The Hall–Kier alpha value is -1.51. The maximum absolute atomic E-state index is 10.6. The van der Waals surface area contributed by atoms with Crippen LogP contribution in [0.15, 0.2) is 24.3 Å². The van der Waals surface area contributed by atoms with Gasteiger partial charge in [0.15, 0.2) is 5.78 Å². The van der Waals surface area contributed by atoms with Crippen LogP contribution in [0.4, 0.5) is 0 Å². The van der Waals surface area contributed by atoms with Crippen molar-refractivity contribution in [2.24, 2.45) is 5.73 Å². The van der Waals surface area contributed by atoms with Crippen LogP contribution in [-0.4, -0.2) is 70.8 Å². The summed E-state index contributed by atoms with van der Waals surface area (Å²) in [5, 5.41) is 0. The highest BCUT2D eigenvalue weighted by Gasteiger charge is 2.18. The minimum atomic E-state index is -0.307. The van der Waals surface area contributed by atoms with Crippen LogP contribution in [0.1, 0.15) is 26.3 Å². The Labute approximate surface area is 168 Å². The Morgan fingerprint density at radius 2 is 1.71 bits per heavy atom. The average Bonchev–Trinajstić information content (AvgIpc) is 2.76. The summed E-state index contributed by atoms with van der Waals surface area (Å²) >= 11 is 0. The Bertz CT molecular complexity index is 499. The number of aryl methyl sites for hydroxylation is 1. The molecule has 0 bridgehead atoms. The van der Waals surface area contributed by atoms with Gasteiger partial charge in [0.1, 0.15) is 11.9 Å². The lowest BCUT2D eigenvalue weighted by Crippen LogP contribution is -2.41. The van der Waals surface area contributed by atoms with Gasteiger partial charge >= 0.3 is 0 Å². The zero-order chi connectivity index (χ0) is 20.8. The van der Waals surface area contributed by atoms with Crippen LogP contribution in [0.25, 0.3) is 0 Å². The third kappa shape index (κ3) is 10.1. The zero-order valence-electron chi connectivity index (χ0n) is 17.5. The molecule has 160 valence electrons. The molecule has 0 spiro atoms. The van der Waals surface area contributed by atoms with E-state index in [-0.39, 0.29) is 24.0 Å². The van der Waals surface area contributed by atoms with Gasteiger partial charge in [-0.15, -0.1) is 0 Å². The Morgan fingerprint density at radius 3 is 2.04 bits per heavy atom. The Kier molecular flexibility index (Phi) is 12.7. The molecule has 3 unspecified atom stereocenters. The second-order valence-electron chi connectivity index (χ2n) is 6.59. The van der Waals surface area contributed by atoms with E-state index >= 15 is 0 Å². The van der Waals surface area contributed by atoms with E-state index in [0.717, 1.165) is 12.2 Å². The smallest absolute Gasteiger partial charge is 0.160 e. The Balaban J connectivity index is 0.000000210. The lowest BCUT2D eigenvalue weighted by atomic mass is 10.2. The van der Waals surface area contributed by atoms with Crippen molar-refractivity contribution in [2.75, 3.05) is 46.8 Å². The summed E-state index contributed by atoms with van der Waals surface area (Å²) in [6.07, 6.45) is 0.891. The van der Waals surface area contributed by atoms with E-state index in [9.17, 15) is 4.79 Å². The lowest BCUT2D eigenvalue weighted by Gasteiger charge is -2.25. The van der Waals surface area contributed by atoms with Gasteiger partial charge in [-0.25, -0.2) is 0 Å². The highest BCUT2D eigenvalue weighted by atomic mass is 16.6. The molecule has 1 aromatic rings. The highest BCUT2D eigenvalue weighted by Crippen LogP contribution is 2.11. The van der Waals surface area contributed by atoms with Crippen LogP contribution >= 0.6 is 0 Å². The number of carbonyl (C=O) groups is 1. The summed E-state index contributed by atoms with van der Waals surface area (Å²) in [4.78, 5) is 10.6. The molecular formula is C21H35NO6. The molecule has 2 fully saturated rings. The Morgan fingerprint density at radius 1 is 1.11 bits per heavy atom. The van der Waals surface area contributed by atoms with E-state index in [1.807, 2.05) is 19.1 Å². The second-order valence-corrected chi connectivity index (χ2v) is 6.59. The van der Waals surface area contributed by atoms with Crippen LogP contribution in [-0.2, 0) is 30.2 Å². The van der Waals surface area contributed by atoms with Crippen LogP contribution in [0.3, 0.4) is 0 Å². The fourth-order valence-corrected chi connectivity index (χ4v) is 2.39. The number of benzene rings is 1. The molecule has 7 nitrogen and oxygen atoms in total.